The van der Waals surface area contributed by atoms with Gasteiger partial charge in [-0.2, -0.15) is 0 Å². The van der Waals surface area contributed by atoms with Crippen molar-refractivity contribution in [1.29, 1.82) is 0 Å². The smallest absolute Gasteiger partial charge is 0.305 e. The molecule has 1 N–H and O–H groups in total. The first kappa shape index (κ1) is 19.5. The van der Waals surface area contributed by atoms with Gasteiger partial charge < -0.3 is 9.67 Å². The Bertz CT molecular complexity index is 1230. The Labute approximate surface area is 181 Å². The molecule has 31 heavy (non-hydrogen) atoms. The van der Waals surface area contributed by atoms with Crippen LogP contribution in [0.4, 0.5) is 0 Å². The van der Waals surface area contributed by atoms with Gasteiger partial charge in [-0.25, -0.2) is 4.98 Å². The summed E-state index contributed by atoms with van der Waals surface area (Å²) in [7, 11) is 0. The van der Waals surface area contributed by atoms with Crippen LogP contribution in [0.25, 0.3) is 22.4 Å². The molecule has 2 heterocycles. The van der Waals surface area contributed by atoms with Crippen molar-refractivity contribution in [3.8, 4) is 11.4 Å². The van der Waals surface area contributed by atoms with Crippen LogP contribution in [0.5, 0.6) is 0 Å². The van der Waals surface area contributed by atoms with E-state index in [1.807, 2.05) is 28.8 Å². The molecule has 5 nitrogen and oxygen atoms in total. The monoisotopic (exact) mass is 411 g/mol. The van der Waals surface area contributed by atoms with E-state index in [1.54, 1.807) is 0 Å². The third kappa shape index (κ3) is 4.09. The molecule has 0 fully saturated rings. The minimum Gasteiger partial charge on any atom is -0.481 e. The van der Waals surface area contributed by atoms with Crippen LogP contribution in [-0.2, 0) is 30.8 Å². The Kier molecular flexibility index (Phi) is 5.26. The number of hydrogen-bond acceptors (Lipinski definition) is 3. The summed E-state index contributed by atoms with van der Waals surface area (Å²) in [6.45, 7) is 3.39. The highest BCUT2D eigenvalue weighted by molar-refractivity contribution is 5.81. The fourth-order valence-electron chi connectivity index (χ4n) is 4.44. The summed E-state index contributed by atoms with van der Waals surface area (Å²) in [5.74, 6) is 0.0167. The molecule has 0 aliphatic carbocycles. The Morgan fingerprint density at radius 2 is 1.68 bits per heavy atom. The number of carboxylic acids is 1. The molecular weight excluding hydrogens is 386 g/mol. The molecule has 0 amide bonds. The Hall–Kier alpha value is -3.44. The zero-order valence-electron chi connectivity index (χ0n) is 17.4. The highest BCUT2D eigenvalue weighted by atomic mass is 16.4. The number of carbonyl (C=O) groups is 1. The molecule has 1 aliphatic rings. The number of aliphatic carboxylic acids is 1. The average Bonchev–Trinajstić information content (AvgIpc) is 3.17. The summed E-state index contributed by atoms with van der Waals surface area (Å²) >= 11 is 0. The van der Waals surface area contributed by atoms with Crippen LogP contribution in [0.15, 0.2) is 72.8 Å². The number of fused-ring (bicyclic) bond motifs is 2. The number of rotatable bonds is 6. The maximum Gasteiger partial charge on any atom is 0.305 e. The van der Waals surface area contributed by atoms with Crippen LogP contribution in [0.3, 0.4) is 0 Å². The summed E-state index contributed by atoms with van der Waals surface area (Å²) in [5, 5.41) is 9.16. The van der Waals surface area contributed by atoms with Crippen molar-refractivity contribution < 1.29 is 9.90 Å². The largest absolute Gasteiger partial charge is 0.481 e. The lowest BCUT2D eigenvalue weighted by Crippen LogP contribution is -2.29. The zero-order chi connectivity index (χ0) is 21.2. The Balaban J connectivity index is 1.37. The molecule has 0 saturated carbocycles. The van der Waals surface area contributed by atoms with Gasteiger partial charge in [0.15, 0.2) is 0 Å². The van der Waals surface area contributed by atoms with Crippen LogP contribution in [-0.4, -0.2) is 32.1 Å². The second-order valence-corrected chi connectivity index (χ2v) is 8.15. The number of benzene rings is 3. The molecule has 0 saturated heterocycles. The molecular formula is C26H25N3O2. The van der Waals surface area contributed by atoms with Crippen molar-refractivity contribution in [2.24, 2.45) is 0 Å². The molecule has 0 bridgehead atoms. The van der Waals surface area contributed by atoms with Gasteiger partial charge in [-0.1, -0.05) is 60.7 Å². The number of carboxylic acid groups (broad SMARTS) is 1. The molecule has 5 heteroatoms. The average molecular weight is 412 g/mol. The zero-order valence-corrected chi connectivity index (χ0v) is 17.4. The van der Waals surface area contributed by atoms with E-state index < -0.39 is 5.97 Å². The van der Waals surface area contributed by atoms with E-state index in [1.165, 1.54) is 16.7 Å². The number of nitrogens with zero attached hydrogens (tertiary/aromatic N) is 3. The van der Waals surface area contributed by atoms with Crippen molar-refractivity contribution in [3.05, 3.63) is 89.5 Å². The predicted molar refractivity (Wildman–Crippen MR) is 122 cm³/mol. The topological polar surface area (TPSA) is 58.4 Å². The summed E-state index contributed by atoms with van der Waals surface area (Å²) in [6.07, 6.45) is 1.17. The third-order valence-electron chi connectivity index (χ3n) is 6.03. The maximum absolute atomic E-state index is 11.2. The lowest BCUT2D eigenvalue weighted by Gasteiger charge is -2.28. The third-order valence-corrected chi connectivity index (χ3v) is 6.03. The summed E-state index contributed by atoms with van der Waals surface area (Å²) in [4.78, 5) is 18.4. The second kappa shape index (κ2) is 8.36. The van der Waals surface area contributed by atoms with Gasteiger partial charge in [-0.05, 0) is 35.2 Å². The van der Waals surface area contributed by atoms with Crippen molar-refractivity contribution in [3.63, 3.8) is 0 Å². The van der Waals surface area contributed by atoms with Crippen LogP contribution in [0, 0.1) is 0 Å². The number of hydrogen-bond donors (Lipinski definition) is 1. The molecule has 5 rings (SSSR count). The van der Waals surface area contributed by atoms with E-state index in [4.69, 9.17) is 10.1 Å². The summed E-state index contributed by atoms with van der Waals surface area (Å²) in [5.41, 5.74) is 7.03. The summed E-state index contributed by atoms with van der Waals surface area (Å²) in [6, 6.07) is 25.1. The van der Waals surface area contributed by atoms with E-state index in [2.05, 4.69) is 53.4 Å². The number of aromatic nitrogens is 2. The van der Waals surface area contributed by atoms with Crippen LogP contribution >= 0.6 is 0 Å². The van der Waals surface area contributed by atoms with Crippen LogP contribution in [0.2, 0.25) is 0 Å². The van der Waals surface area contributed by atoms with Crippen molar-refractivity contribution in [2.45, 2.75) is 32.5 Å². The van der Waals surface area contributed by atoms with Gasteiger partial charge in [0.25, 0.3) is 0 Å². The molecule has 4 aromatic rings. The van der Waals surface area contributed by atoms with Gasteiger partial charge in [0, 0.05) is 31.7 Å². The number of imidazole rings is 1. The van der Waals surface area contributed by atoms with E-state index in [9.17, 15) is 4.79 Å². The standard InChI is InChI=1S/C26H25N3O2/c30-25(31)14-16-29-24-8-4-3-7-23(24)27-26(29)21-11-9-19(10-12-21)17-28-15-13-20-5-1-2-6-22(20)18-28/h1-12H,13-18H2,(H,30,31). The van der Waals surface area contributed by atoms with Gasteiger partial charge in [0.2, 0.25) is 0 Å². The highest BCUT2D eigenvalue weighted by Gasteiger charge is 2.17. The minimum atomic E-state index is -0.804. The predicted octanol–water partition coefficient (Wildman–Crippen LogP) is 4.74. The van der Waals surface area contributed by atoms with Crippen LogP contribution in [0.1, 0.15) is 23.1 Å². The van der Waals surface area contributed by atoms with Crippen LogP contribution < -0.4 is 0 Å². The fraction of sp³-hybridized carbons (Fsp3) is 0.231. The molecule has 0 unspecified atom stereocenters. The first-order chi connectivity index (χ1) is 15.2. The molecule has 1 aliphatic heterocycles. The molecule has 0 radical (unpaired) electrons. The lowest BCUT2D eigenvalue weighted by molar-refractivity contribution is -0.137. The second-order valence-electron chi connectivity index (χ2n) is 8.15. The molecule has 156 valence electrons. The van der Waals surface area contributed by atoms with E-state index in [0.717, 1.165) is 48.5 Å². The Morgan fingerprint density at radius 3 is 2.48 bits per heavy atom. The van der Waals surface area contributed by atoms with Crippen molar-refractivity contribution >= 4 is 17.0 Å². The first-order valence-electron chi connectivity index (χ1n) is 10.7. The van der Waals surface area contributed by atoms with E-state index in [0.29, 0.717) is 6.54 Å². The van der Waals surface area contributed by atoms with Crippen molar-refractivity contribution in [2.75, 3.05) is 6.54 Å². The molecule has 3 aromatic carbocycles. The summed E-state index contributed by atoms with van der Waals surface area (Å²) < 4.78 is 2.01. The van der Waals surface area contributed by atoms with Gasteiger partial charge in [-0.15, -0.1) is 0 Å². The number of aryl methyl sites for hydroxylation is 1. The SMILES string of the molecule is O=C(O)CCn1c(-c2ccc(CN3CCc4ccccc4C3)cc2)nc2ccccc21. The first-order valence-corrected chi connectivity index (χ1v) is 10.7. The van der Waals surface area contributed by atoms with Gasteiger partial charge >= 0.3 is 5.97 Å². The minimum absolute atomic E-state index is 0.0713. The normalized spacial score (nSPS) is 13.9. The quantitative estimate of drug-likeness (QED) is 0.498. The van der Waals surface area contributed by atoms with E-state index >= 15 is 0 Å². The van der Waals surface area contributed by atoms with Gasteiger partial charge in [-0.3, -0.25) is 9.69 Å². The maximum atomic E-state index is 11.2. The van der Waals surface area contributed by atoms with Gasteiger partial charge in [0.1, 0.15) is 5.82 Å². The van der Waals surface area contributed by atoms with E-state index in [-0.39, 0.29) is 6.42 Å². The number of para-hydroxylation sites is 2. The lowest BCUT2D eigenvalue weighted by atomic mass is 9.99. The molecule has 1 aromatic heterocycles. The molecule has 0 atom stereocenters. The van der Waals surface area contributed by atoms with Gasteiger partial charge in [0.05, 0.1) is 17.5 Å². The Morgan fingerprint density at radius 1 is 0.935 bits per heavy atom. The fourth-order valence-corrected chi connectivity index (χ4v) is 4.44. The highest BCUT2D eigenvalue weighted by Crippen LogP contribution is 2.26. The molecule has 0 spiro atoms. The van der Waals surface area contributed by atoms with Crippen molar-refractivity contribution in [1.82, 2.24) is 14.5 Å².